The summed E-state index contributed by atoms with van der Waals surface area (Å²) < 4.78 is 16.3. The Kier molecular flexibility index (Phi) is 6.84. The fourth-order valence-electron chi connectivity index (χ4n) is 3.18. The Morgan fingerprint density at radius 2 is 2.07 bits per heavy atom. The third-order valence-corrected chi connectivity index (χ3v) is 4.69. The molecule has 2 aromatic rings. The lowest BCUT2D eigenvalue weighted by molar-refractivity contribution is -0.0183. The van der Waals surface area contributed by atoms with Gasteiger partial charge in [0.25, 0.3) is 5.91 Å². The number of ether oxygens (including phenoxy) is 3. The lowest BCUT2D eigenvalue weighted by Gasteiger charge is -2.31. The molecule has 1 aromatic carbocycles. The number of piperidine rings is 1. The third-order valence-electron chi connectivity index (χ3n) is 4.69. The fraction of sp³-hybridized carbons (Fsp3) is 0.500. The number of benzene rings is 1. The van der Waals surface area contributed by atoms with Crippen molar-refractivity contribution < 1.29 is 19.0 Å². The molecule has 1 saturated heterocycles. The number of H-pyrrole nitrogens is 1. The molecule has 0 radical (unpaired) electrons. The van der Waals surface area contributed by atoms with Crippen molar-refractivity contribution in [3.63, 3.8) is 0 Å². The van der Waals surface area contributed by atoms with Gasteiger partial charge in [0.05, 0.1) is 32.1 Å². The maximum Gasteiger partial charge on any atom is 0.271 e. The van der Waals surface area contributed by atoms with Gasteiger partial charge in [-0.1, -0.05) is 12.1 Å². The summed E-state index contributed by atoms with van der Waals surface area (Å²) in [6, 6.07) is 9.42. The fourth-order valence-corrected chi connectivity index (χ4v) is 3.18. The Morgan fingerprint density at radius 3 is 2.81 bits per heavy atom. The van der Waals surface area contributed by atoms with E-state index in [1.165, 1.54) is 0 Å². The van der Waals surface area contributed by atoms with Crippen molar-refractivity contribution in [1.82, 2.24) is 15.1 Å². The third kappa shape index (κ3) is 5.08. The molecule has 1 fully saturated rings. The molecule has 1 aliphatic heterocycles. The van der Waals surface area contributed by atoms with Crippen molar-refractivity contribution in [2.45, 2.75) is 25.9 Å². The van der Waals surface area contributed by atoms with Gasteiger partial charge in [-0.3, -0.25) is 9.89 Å². The summed E-state index contributed by atoms with van der Waals surface area (Å²) in [5, 5.41) is 7.15. The van der Waals surface area contributed by atoms with Gasteiger partial charge in [0.2, 0.25) is 0 Å². The Balaban J connectivity index is 1.54. The Hall–Kier alpha value is -2.38. The zero-order chi connectivity index (χ0) is 19.1. The maximum absolute atomic E-state index is 12.7. The van der Waals surface area contributed by atoms with Crippen LogP contribution in [-0.4, -0.2) is 67.1 Å². The molecule has 27 heavy (non-hydrogen) atoms. The number of hydrogen-bond acceptors (Lipinski definition) is 5. The number of nitrogens with zero attached hydrogens (tertiary/aromatic N) is 2. The smallest absolute Gasteiger partial charge is 0.271 e. The van der Waals surface area contributed by atoms with Crippen LogP contribution in [0.15, 0.2) is 30.3 Å². The zero-order valence-corrected chi connectivity index (χ0v) is 15.9. The number of amides is 1. The average molecular weight is 373 g/mol. The van der Waals surface area contributed by atoms with E-state index in [9.17, 15) is 4.79 Å². The van der Waals surface area contributed by atoms with Crippen LogP contribution >= 0.6 is 0 Å². The van der Waals surface area contributed by atoms with Crippen LogP contribution in [0.1, 0.15) is 30.3 Å². The van der Waals surface area contributed by atoms with Gasteiger partial charge >= 0.3 is 0 Å². The van der Waals surface area contributed by atoms with Gasteiger partial charge in [-0.15, -0.1) is 0 Å². The number of aromatic nitrogens is 2. The molecule has 7 heteroatoms. The number of nitrogens with one attached hydrogen (secondary N) is 1. The summed E-state index contributed by atoms with van der Waals surface area (Å²) >= 11 is 0. The first-order chi connectivity index (χ1) is 13.2. The summed E-state index contributed by atoms with van der Waals surface area (Å²) in [6.07, 6.45) is 1.88. The number of methoxy groups -OCH3 is 1. The number of carbonyl (C=O) groups excluding carboxylic acids is 1. The van der Waals surface area contributed by atoms with Crippen molar-refractivity contribution in [1.29, 1.82) is 0 Å². The van der Waals surface area contributed by atoms with E-state index in [-0.39, 0.29) is 12.0 Å². The first-order valence-electron chi connectivity index (χ1n) is 9.39. The molecule has 1 aromatic heterocycles. The lowest BCUT2D eigenvalue weighted by Crippen LogP contribution is -2.41. The molecular formula is C20H27N3O4. The monoisotopic (exact) mass is 373 g/mol. The summed E-state index contributed by atoms with van der Waals surface area (Å²) in [4.78, 5) is 14.6. The first kappa shape index (κ1) is 19.4. The van der Waals surface area contributed by atoms with Gasteiger partial charge in [-0.05, 0) is 38.0 Å². The molecule has 0 bridgehead atoms. The molecule has 1 aliphatic rings. The van der Waals surface area contributed by atoms with E-state index in [0.717, 1.165) is 29.8 Å². The van der Waals surface area contributed by atoms with Crippen LogP contribution < -0.4 is 4.74 Å². The number of hydrogen-bond donors (Lipinski definition) is 1. The molecule has 0 unspecified atom stereocenters. The van der Waals surface area contributed by atoms with Crippen LogP contribution in [0.2, 0.25) is 0 Å². The molecule has 7 nitrogen and oxygen atoms in total. The molecule has 0 aliphatic carbocycles. The minimum Gasteiger partial charge on any atom is -0.497 e. The van der Waals surface area contributed by atoms with Crippen LogP contribution in [0.3, 0.4) is 0 Å². The predicted molar refractivity (Wildman–Crippen MR) is 102 cm³/mol. The van der Waals surface area contributed by atoms with Crippen LogP contribution in [0.25, 0.3) is 11.3 Å². The van der Waals surface area contributed by atoms with Gasteiger partial charge < -0.3 is 19.1 Å². The Morgan fingerprint density at radius 1 is 1.26 bits per heavy atom. The average Bonchev–Trinajstić information content (AvgIpc) is 3.21. The zero-order valence-electron chi connectivity index (χ0n) is 15.9. The maximum atomic E-state index is 12.7. The summed E-state index contributed by atoms with van der Waals surface area (Å²) in [6.45, 7) is 5.28. The van der Waals surface area contributed by atoms with E-state index in [4.69, 9.17) is 14.2 Å². The van der Waals surface area contributed by atoms with E-state index in [0.29, 0.717) is 38.6 Å². The van der Waals surface area contributed by atoms with E-state index >= 15 is 0 Å². The second-order valence-electron chi connectivity index (χ2n) is 6.46. The van der Waals surface area contributed by atoms with E-state index < -0.39 is 0 Å². The number of rotatable bonds is 8. The molecule has 0 atom stereocenters. The molecule has 3 rings (SSSR count). The summed E-state index contributed by atoms with van der Waals surface area (Å²) in [5.41, 5.74) is 2.14. The quantitative estimate of drug-likeness (QED) is 0.720. The molecular weight excluding hydrogens is 346 g/mol. The number of aromatic amines is 1. The van der Waals surface area contributed by atoms with E-state index in [1.54, 1.807) is 13.2 Å². The SMILES string of the molecule is CCOCCOC1CCN(C(=O)c2cc(-c3cccc(OC)c3)n[nH]2)CC1. The van der Waals surface area contributed by atoms with Crippen molar-refractivity contribution in [2.75, 3.05) is 40.0 Å². The van der Waals surface area contributed by atoms with Gasteiger partial charge in [0.1, 0.15) is 11.4 Å². The highest BCUT2D eigenvalue weighted by Gasteiger charge is 2.25. The second-order valence-corrected chi connectivity index (χ2v) is 6.46. The van der Waals surface area contributed by atoms with E-state index in [2.05, 4.69) is 10.2 Å². The first-order valence-corrected chi connectivity index (χ1v) is 9.39. The predicted octanol–water partition coefficient (Wildman–Crippen LogP) is 2.74. The van der Waals surface area contributed by atoms with Crippen molar-refractivity contribution in [2.24, 2.45) is 0 Å². The Bertz CT molecular complexity index is 738. The second kappa shape index (κ2) is 9.53. The minimum absolute atomic E-state index is 0.0237. The van der Waals surface area contributed by atoms with Crippen LogP contribution in [0.4, 0.5) is 0 Å². The van der Waals surface area contributed by atoms with Crippen molar-refractivity contribution in [3.05, 3.63) is 36.0 Å². The van der Waals surface area contributed by atoms with Gasteiger partial charge in [-0.2, -0.15) is 5.10 Å². The molecule has 2 heterocycles. The lowest BCUT2D eigenvalue weighted by atomic mass is 10.1. The highest BCUT2D eigenvalue weighted by Crippen LogP contribution is 2.23. The highest BCUT2D eigenvalue weighted by molar-refractivity contribution is 5.93. The van der Waals surface area contributed by atoms with Gasteiger partial charge in [0.15, 0.2) is 0 Å². The molecule has 0 spiro atoms. The Labute approximate surface area is 159 Å². The molecule has 1 N–H and O–H groups in total. The summed E-state index contributed by atoms with van der Waals surface area (Å²) in [7, 11) is 1.63. The summed E-state index contributed by atoms with van der Waals surface area (Å²) in [5.74, 6) is 0.735. The highest BCUT2D eigenvalue weighted by atomic mass is 16.5. The molecule has 1 amide bonds. The topological polar surface area (TPSA) is 76.7 Å². The van der Waals surface area contributed by atoms with Gasteiger partial charge in [-0.25, -0.2) is 0 Å². The van der Waals surface area contributed by atoms with Crippen LogP contribution in [-0.2, 0) is 9.47 Å². The van der Waals surface area contributed by atoms with Crippen molar-refractivity contribution in [3.8, 4) is 17.0 Å². The van der Waals surface area contributed by atoms with Gasteiger partial charge in [0, 0.05) is 25.3 Å². The van der Waals surface area contributed by atoms with Crippen molar-refractivity contribution >= 4 is 5.91 Å². The largest absolute Gasteiger partial charge is 0.497 e. The van der Waals surface area contributed by atoms with E-state index in [1.807, 2.05) is 36.1 Å². The number of carbonyl (C=O) groups is 1. The number of likely N-dealkylation sites (tertiary alicyclic amines) is 1. The normalized spacial score (nSPS) is 15.1. The minimum atomic E-state index is -0.0237. The standard InChI is InChI=1S/C20H27N3O4/c1-3-26-11-12-27-16-7-9-23(10-8-16)20(24)19-14-18(21-22-19)15-5-4-6-17(13-15)25-2/h4-6,13-14,16H,3,7-12H2,1-2H3,(H,21,22). The van der Waals surface area contributed by atoms with Crippen LogP contribution in [0.5, 0.6) is 5.75 Å². The molecule has 146 valence electrons. The molecule has 0 saturated carbocycles. The van der Waals surface area contributed by atoms with Crippen LogP contribution in [0, 0.1) is 0 Å².